The molecule has 3 rings (SSSR count). The Hall–Kier alpha value is -2.20. The predicted octanol–water partition coefficient (Wildman–Crippen LogP) is 2.46. The van der Waals surface area contributed by atoms with Crippen molar-refractivity contribution in [2.75, 3.05) is 4.90 Å². The smallest absolute Gasteiger partial charge is 0.299 e. The maximum absolute atomic E-state index is 12.0. The average molecular weight is 273 g/mol. The number of rotatable bonds is 2. The Morgan fingerprint density at radius 2 is 2.00 bits per heavy atom. The first-order valence-corrected chi connectivity index (χ1v) is 6.10. The highest BCUT2D eigenvalue weighted by atomic mass is 35.5. The van der Waals surface area contributed by atoms with Gasteiger partial charge in [-0.15, -0.1) is 0 Å². The third-order valence-electron chi connectivity index (χ3n) is 3.01. The van der Waals surface area contributed by atoms with Crippen LogP contribution in [-0.4, -0.2) is 16.7 Å². The summed E-state index contributed by atoms with van der Waals surface area (Å²) in [5.41, 5.74) is 1.71. The molecule has 94 valence electrons. The summed E-state index contributed by atoms with van der Waals surface area (Å²) in [6, 6.07) is 8.70. The van der Waals surface area contributed by atoms with Gasteiger partial charge in [-0.2, -0.15) is 0 Å². The van der Waals surface area contributed by atoms with Gasteiger partial charge in [0.25, 0.3) is 11.7 Å². The fourth-order valence-corrected chi connectivity index (χ4v) is 2.39. The highest BCUT2D eigenvalue weighted by Crippen LogP contribution is 2.34. The third-order valence-corrected chi connectivity index (χ3v) is 3.33. The molecule has 0 saturated heterocycles. The quantitative estimate of drug-likeness (QED) is 0.789. The van der Waals surface area contributed by atoms with Gasteiger partial charge in [-0.3, -0.25) is 14.6 Å². The lowest BCUT2D eigenvalue weighted by atomic mass is 10.1. The summed E-state index contributed by atoms with van der Waals surface area (Å²) >= 11 is 5.99. The van der Waals surface area contributed by atoms with Gasteiger partial charge in [-0.25, -0.2) is 0 Å². The number of anilines is 1. The molecular formula is C14H9ClN2O2. The van der Waals surface area contributed by atoms with E-state index in [4.69, 9.17) is 11.6 Å². The van der Waals surface area contributed by atoms with E-state index in [0.29, 0.717) is 17.3 Å². The Morgan fingerprint density at radius 1 is 1.16 bits per heavy atom. The molecule has 0 N–H and O–H groups in total. The fraction of sp³-hybridized carbons (Fsp3) is 0.0714. The molecule has 19 heavy (non-hydrogen) atoms. The van der Waals surface area contributed by atoms with E-state index in [2.05, 4.69) is 4.98 Å². The molecule has 4 nitrogen and oxygen atoms in total. The first kappa shape index (κ1) is 11.9. The van der Waals surface area contributed by atoms with Gasteiger partial charge in [0.05, 0.1) is 22.8 Å². The van der Waals surface area contributed by atoms with Crippen LogP contribution in [0.1, 0.15) is 15.9 Å². The number of hydrogen-bond donors (Lipinski definition) is 0. The third kappa shape index (κ3) is 1.90. The van der Waals surface area contributed by atoms with E-state index in [9.17, 15) is 9.59 Å². The van der Waals surface area contributed by atoms with Crippen LogP contribution in [0.25, 0.3) is 0 Å². The highest BCUT2D eigenvalue weighted by molar-refractivity contribution is 6.55. The van der Waals surface area contributed by atoms with Crippen LogP contribution < -0.4 is 4.90 Å². The number of nitrogens with zero attached hydrogens (tertiary/aromatic N) is 2. The number of fused-ring (bicyclic) bond motifs is 1. The Balaban J connectivity index is 2.03. The number of amides is 1. The van der Waals surface area contributed by atoms with Crippen LogP contribution in [0.15, 0.2) is 42.7 Å². The maximum Gasteiger partial charge on any atom is 0.299 e. The van der Waals surface area contributed by atoms with Gasteiger partial charge in [-0.05, 0) is 23.8 Å². The summed E-state index contributed by atoms with van der Waals surface area (Å²) in [4.78, 5) is 29.4. The van der Waals surface area contributed by atoms with Crippen molar-refractivity contribution in [3.63, 3.8) is 0 Å². The number of hydrogen-bond acceptors (Lipinski definition) is 3. The zero-order chi connectivity index (χ0) is 13.4. The Labute approximate surface area is 114 Å². The van der Waals surface area contributed by atoms with Crippen molar-refractivity contribution in [1.29, 1.82) is 0 Å². The van der Waals surface area contributed by atoms with Crippen molar-refractivity contribution in [1.82, 2.24) is 4.98 Å². The van der Waals surface area contributed by atoms with E-state index < -0.39 is 11.7 Å². The van der Waals surface area contributed by atoms with Gasteiger partial charge < -0.3 is 4.90 Å². The molecule has 1 aromatic heterocycles. The second-order valence-corrected chi connectivity index (χ2v) is 4.62. The fourth-order valence-electron chi connectivity index (χ4n) is 2.13. The van der Waals surface area contributed by atoms with Gasteiger partial charge in [-0.1, -0.05) is 23.7 Å². The highest BCUT2D eigenvalue weighted by Gasteiger charge is 2.37. The number of benzene rings is 1. The lowest BCUT2D eigenvalue weighted by molar-refractivity contribution is -0.114. The minimum Gasteiger partial charge on any atom is -0.300 e. The normalized spacial score (nSPS) is 13.8. The number of halogens is 1. The second kappa shape index (κ2) is 4.48. The molecule has 0 fully saturated rings. The molecule has 1 aliphatic rings. The standard InChI is InChI=1S/C14H9ClN2O2/c15-10-4-1-5-11-12(10)13(18)14(19)17(11)8-9-3-2-6-16-7-9/h1-7H,8H2. The Morgan fingerprint density at radius 3 is 2.74 bits per heavy atom. The zero-order valence-corrected chi connectivity index (χ0v) is 10.6. The summed E-state index contributed by atoms with van der Waals surface area (Å²) in [7, 11) is 0. The molecule has 0 radical (unpaired) electrons. The van der Waals surface area contributed by atoms with E-state index in [1.54, 1.807) is 36.7 Å². The number of carbonyl (C=O) groups excluding carboxylic acids is 2. The molecular weight excluding hydrogens is 264 g/mol. The molecule has 0 aliphatic carbocycles. The van der Waals surface area contributed by atoms with Crippen LogP contribution in [0.4, 0.5) is 5.69 Å². The zero-order valence-electron chi connectivity index (χ0n) is 9.84. The Kier molecular flexibility index (Phi) is 2.80. The van der Waals surface area contributed by atoms with Crippen molar-refractivity contribution >= 4 is 29.0 Å². The molecule has 0 atom stereocenters. The summed E-state index contributed by atoms with van der Waals surface area (Å²) < 4.78 is 0. The van der Waals surface area contributed by atoms with Crippen molar-refractivity contribution < 1.29 is 9.59 Å². The summed E-state index contributed by atoms with van der Waals surface area (Å²) in [5, 5.41) is 0.310. The van der Waals surface area contributed by atoms with Gasteiger partial charge in [0, 0.05) is 12.4 Å². The average Bonchev–Trinajstić information content (AvgIpc) is 2.66. The van der Waals surface area contributed by atoms with Crippen molar-refractivity contribution in [3.8, 4) is 0 Å². The summed E-state index contributed by atoms with van der Waals surface area (Å²) in [5.74, 6) is -1.10. The van der Waals surface area contributed by atoms with Crippen molar-refractivity contribution in [2.45, 2.75) is 6.54 Å². The molecule has 2 aromatic rings. The summed E-state index contributed by atoms with van der Waals surface area (Å²) in [6.07, 6.45) is 3.32. The number of pyridine rings is 1. The molecule has 0 bridgehead atoms. The van der Waals surface area contributed by atoms with Gasteiger partial charge in [0.1, 0.15) is 0 Å². The monoisotopic (exact) mass is 272 g/mol. The topological polar surface area (TPSA) is 50.3 Å². The van der Waals surface area contributed by atoms with E-state index in [1.807, 2.05) is 6.07 Å². The molecule has 1 amide bonds. The lowest BCUT2D eigenvalue weighted by Crippen LogP contribution is -2.29. The number of ketones is 1. The van der Waals surface area contributed by atoms with Crippen LogP contribution >= 0.6 is 11.6 Å². The molecule has 2 heterocycles. The lowest BCUT2D eigenvalue weighted by Gasteiger charge is -2.16. The van der Waals surface area contributed by atoms with Gasteiger partial charge in [0.2, 0.25) is 0 Å². The van der Waals surface area contributed by atoms with Crippen LogP contribution in [0, 0.1) is 0 Å². The Bertz CT molecular complexity index is 670. The molecule has 5 heteroatoms. The predicted molar refractivity (Wildman–Crippen MR) is 71.2 cm³/mol. The minimum absolute atomic E-state index is 0.290. The van der Waals surface area contributed by atoms with Gasteiger partial charge in [0.15, 0.2) is 0 Å². The van der Waals surface area contributed by atoms with E-state index in [0.717, 1.165) is 5.56 Å². The SMILES string of the molecule is O=C1C(=O)N(Cc2cccnc2)c2cccc(Cl)c21. The molecule has 0 saturated carbocycles. The first-order valence-electron chi connectivity index (χ1n) is 5.72. The minimum atomic E-state index is -0.551. The number of aromatic nitrogens is 1. The molecule has 0 unspecified atom stereocenters. The first-order chi connectivity index (χ1) is 9.18. The van der Waals surface area contributed by atoms with Crippen molar-refractivity contribution in [2.24, 2.45) is 0 Å². The van der Waals surface area contributed by atoms with Crippen molar-refractivity contribution in [3.05, 3.63) is 58.9 Å². The van der Waals surface area contributed by atoms with Crippen LogP contribution in [0.2, 0.25) is 5.02 Å². The van der Waals surface area contributed by atoms with Crippen LogP contribution in [-0.2, 0) is 11.3 Å². The van der Waals surface area contributed by atoms with Gasteiger partial charge >= 0.3 is 0 Å². The summed E-state index contributed by atoms with van der Waals surface area (Å²) in [6.45, 7) is 0.311. The van der Waals surface area contributed by atoms with E-state index in [-0.39, 0.29) is 5.56 Å². The van der Waals surface area contributed by atoms with E-state index >= 15 is 0 Å². The van der Waals surface area contributed by atoms with Crippen LogP contribution in [0.3, 0.4) is 0 Å². The molecule has 0 spiro atoms. The number of carbonyl (C=O) groups is 2. The largest absolute Gasteiger partial charge is 0.300 e. The van der Waals surface area contributed by atoms with Crippen LogP contribution in [0.5, 0.6) is 0 Å². The number of Topliss-reactive ketones (excluding diaryl/α,β-unsaturated/α-hetero) is 1. The molecule has 1 aromatic carbocycles. The second-order valence-electron chi connectivity index (χ2n) is 4.22. The maximum atomic E-state index is 12.0. The van der Waals surface area contributed by atoms with E-state index in [1.165, 1.54) is 4.90 Å². The molecule has 1 aliphatic heterocycles.